The molecule has 0 amide bonds. The Morgan fingerprint density at radius 1 is 1.26 bits per heavy atom. The van der Waals surface area contributed by atoms with E-state index in [1.165, 1.54) is 6.21 Å². The largest absolute Gasteiger partial charge is 0.327 e. The molecule has 19 heavy (non-hydrogen) atoms. The third kappa shape index (κ3) is 4.44. The molecule has 0 fully saturated rings. The molecule has 0 bridgehead atoms. The first-order valence-electron chi connectivity index (χ1n) is 5.71. The van der Waals surface area contributed by atoms with Gasteiger partial charge < -0.3 is 15.2 Å². The van der Waals surface area contributed by atoms with Gasteiger partial charge >= 0.3 is 7.60 Å². The second-order valence-electron chi connectivity index (χ2n) is 3.98. The van der Waals surface area contributed by atoms with Crippen LogP contribution in [0, 0.1) is 0 Å². The van der Waals surface area contributed by atoms with Crippen LogP contribution in [0.3, 0.4) is 0 Å². The predicted molar refractivity (Wildman–Crippen MR) is 74.3 cm³/mol. The Morgan fingerprint density at radius 2 is 2.05 bits per heavy atom. The fourth-order valence-electron chi connectivity index (χ4n) is 1.53. The summed E-state index contributed by atoms with van der Waals surface area (Å²) in [6, 6.07) is 11.5. The second-order valence-corrected chi connectivity index (χ2v) is 5.76. The van der Waals surface area contributed by atoms with Gasteiger partial charge in [-0.1, -0.05) is 24.3 Å². The van der Waals surface area contributed by atoms with Crippen molar-refractivity contribution in [1.29, 1.82) is 0 Å². The van der Waals surface area contributed by atoms with E-state index in [1.807, 2.05) is 36.4 Å². The summed E-state index contributed by atoms with van der Waals surface area (Å²) in [5.74, 6) is 0. The monoisotopic (exact) mass is 279 g/mol. The van der Waals surface area contributed by atoms with Crippen molar-refractivity contribution < 1.29 is 14.4 Å². The molecule has 0 aliphatic heterocycles. The standard InChI is InChI=1S/C12H14N3O3P/c16-19(17,18)8-7-13-14-9-11-6-5-10-3-1-2-4-12(10)15-11/h1-6,9,13H,7-8H2,(H2,16,17,18)/b14-9+. The lowest BCUT2D eigenvalue weighted by Gasteiger charge is -2.02. The maximum atomic E-state index is 10.6. The molecular formula is C12H14N3O3P. The van der Waals surface area contributed by atoms with Crippen molar-refractivity contribution in [3.05, 3.63) is 42.1 Å². The average Bonchev–Trinajstić information content (AvgIpc) is 2.37. The molecule has 0 saturated heterocycles. The topological polar surface area (TPSA) is 94.8 Å². The summed E-state index contributed by atoms with van der Waals surface area (Å²) in [6.45, 7) is 0.119. The molecule has 6 nitrogen and oxygen atoms in total. The number of para-hydroxylation sites is 1. The Bertz CT molecular complexity index is 639. The summed E-state index contributed by atoms with van der Waals surface area (Å²) in [7, 11) is -3.96. The molecule has 1 heterocycles. The number of pyridine rings is 1. The van der Waals surface area contributed by atoms with E-state index in [2.05, 4.69) is 15.5 Å². The van der Waals surface area contributed by atoms with E-state index >= 15 is 0 Å². The molecule has 100 valence electrons. The maximum absolute atomic E-state index is 10.6. The van der Waals surface area contributed by atoms with Gasteiger partial charge in [-0.2, -0.15) is 5.10 Å². The molecule has 1 aromatic carbocycles. The van der Waals surface area contributed by atoms with Crippen molar-refractivity contribution in [1.82, 2.24) is 10.4 Å². The van der Waals surface area contributed by atoms with Crippen molar-refractivity contribution in [2.24, 2.45) is 5.10 Å². The van der Waals surface area contributed by atoms with Gasteiger partial charge in [-0.3, -0.25) is 4.57 Å². The van der Waals surface area contributed by atoms with Gasteiger partial charge in [0.05, 0.1) is 23.6 Å². The zero-order chi connectivity index (χ0) is 13.7. The van der Waals surface area contributed by atoms with Crippen molar-refractivity contribution in [2.75, 3.05) is 12.7 Å². The van der Waals surface area contributed by atoms with Crippen molar-refractivity contribution in [2.45, 2.75) is 0 Å². The van der Waals surface area contributed by atoms with Crippen LogP contribution in [0.15, 0.2) is 41.5 Å². The van der Waals surface area contributed by atoms with Crippen LogP contribution in [0.25, 0.3) is 10.9 Å². The van der Waals surface area contributed by atoms with Gasteiger partial charge in [0.1, 0.15) is 0 Å². The number of rotatable bonds is 5. The molecule has 3 N–H and O–H groups in total. The van der Waals surface area contributed by atoms with Crippen molar-refractivity contribution in [3.63, 3.8) is 0 Å². The molecule has 2 aromatic rings. The highest BCUT2D eigenvalue weighted by Crippen LogP contribution is 2.32. The number of benzene rings is 1. The normalized spacial score (nSPS) is 12.1. The fraction of sp³-hybridized carbons (Fsp3) is 0.167. The molecule has 0 atom stereocenters. The third-order valence-electron chi connectivity index (χ3n) is 2.42. The number of hydrogen-bond acceptors (Lipinski definition) is 4. The van der Waals surface area contributed by atoms with E-state index < -0.39 is 7.60 Å². The summed E-state index contributed by atoms with van der Waals surface area (Å²) in [4.78, 5) is 21.7. The Balaban J connectivity index is 1.95. The molecule has 0 aliphatic rings. The predicted octanol–water partition coefficient (Wildman–Crippen LogP) is 1.34. The minimum absolute atomic E-state index is 0.119. The molecule has 0 radical (unpaired) electrons. The molecule has 0 spiro atoms. The summed E-state index contributed by atoms with van der Waals surface area (Å²) in [6.07, 6.45) is 1.28. The van der Waals surface area contributed by atoms with Crippen LogP contribution in [0.2, 0.25) is 0 Å². The van der Waals surface area contributed by atoms with E-state index in [9.17, 15) is 4.57 Å². The molecule has 1 aromatic heterocycles. The molecule has 2 rings (SSSR count). The smallest absolute Gasteiger partial charge is 0.324 e. The van der Waals surface area contributed by atoms with Gasteiger partial charge in [0.25, 0.3) is 0 Å². The van der Waals surface area contributed by atoms with E-state index in [0.717, 1.165) is 10.9 Å². The zero-order valence-electron chi connectivity index (χ0n) is 10.1. The minimum Gasteiger partial charge on any atom is -0.324 e. The van der Waals surface area contributed by atoms with Crippen molar-refractivity contribution in [3.8, 4) is 0 Å². The van der Waals surface area contributed by atoms with Crippen LogP contribution < -0.4 is 5.43 Å². The van der Waals surface area contributed by atoms with Gasteiger partial charge in [0.15, 0.2) is 0 Å². The maximum Gasteiger partial charge on any atom is 0.327 e. The van der Waals surface area contributed by atoms with Gasteiger partial charge in [-0.15, -0.1) is 0 Å². The molecule has 7 heteroatoms. The van der Waals surface area contributed by atoms with Crippen LogP contribution in [0.5, 0.6) is 0 Å². The average molecular weight is 279 g/mol. The van der Waals surface area contributed by atoms with Gasteiger partial charge in [0.2, 0.25) is 0 Å². The quantitative estimate of drug-likeness (QED) is 0.332. The van der Waals surface area contributed by atoms with E-state index in [0.29, 0.717) is 5.69 Å². The van der Waals surface area contributed by atoms with Gasteiger partial charge in [0, 0.05) is 11.9 Å². The van der Waals surface area contributed by atoms with E-state index in [-0.39, 0.29) is 12.7 Å². The first kappa shape index (κ1) is 13.7. The van der Waals surface area contributed by atoms with E-state index in [4.69, 9.17) is 9.79 Å². The number of hydrazone groups is 1. The Kier molecular flexibility index (Phi) is 4.27. The van der Waals surface area contributed by atoms with E-state index in [1.54, 1.807) is 0 Å². The first-order valence-corrected chi connectivity index (χ1v) is 7.51. The van der Waals surface area contributed by atoms with Crippen LogP contribution in [-0.2, 0) is 4.57 Å². The van der Waals surface area contributed by atoms with Crippen LogP contribution >= 0.6 is 7.60 Å². The number of nitrogens with one attached hydrogen (secondary N) is 1. The van der Waals surface area contributed by atoms with Crippen LogP contribution in [0.1, 0.15) is 5.69 Å². The number of nitrogens with zero attached hydrogens (tertiary/aromatic N) is 2. The molecule has 0 unspecified atom stereocenters. The lowest BCUT2D eigenvalue weighted by atomic mass is 10.2. The van der Waals surface area contributed by atoms with Gasteiger partial charge in [-0.05, 0) is 12.1 Å². The third-order valence-corrected chi connectivity index (χ3v) is 3.23. The molecular weight excluding hydrogens is 265 g/mol. The lowest BCUT2D eigenvalue weighted by Crippen LogP contribution is -2.12. The number of hydrogen-bond donors (Lipinski definition) is 3. The summed E-state index contributed by atoms with van der Waals surface area (Å²) in [5.41, 5.74) is 4.14. The summed E-state index contributed by atoms with van der Waals surface area (Å²) >= 11 is 0. The highest BCUT2D eigenvalue weighted by molar-refractivity contribution is 7.51. The second kappa shape index (κ2) is 5.93. The Labute approximate surface area is 110 Å². The van der Waals surface area contributed by atoms with Crippen LogP contribution in [0.4, 0.5) is 0 Å². The highest BCUT2D eigenvalue weighted by atomic mass is 31.2. The number of fused-ring (bicyclic) bond motifs is 1. The minimum atomic E-state index is -3.96. The Morgan fingerprint density at radius 3 is 2.84 bits per heavy atom. The highest BCUT2D eigenvalue weighted by Gasteiger charge is 2.10. The SMILES string of the molecule is O=P(O)(O)CCN/N=C/c1ccc2ccccc2n1. The molecule has 0 aliphatic carbocycles. The Hall–Kier alpha value is -1.75. The molecule has 0 saturated carbocycles. The lowest BCUT2D eigenvalue weighted by molar-refractivity contribution is 0.372. The number of aromatic nitrogens is 1. The first-order chi connectivity index (χ1) is 9.04. The van der Waals surface area contributed by atoms with Crippen LogP contribution in [-0.4, -0.2) is 33.7 Å². The van der Waals surface area contributed by atoms with Crippen molar-refractivity contribution >= 4 is 24.7 Å². The summed E-state index contributed by atoms with van der Waals surface area (Å²) < 4.78 is 10.6. The fourth-order valence-corrected chi connectivity index (χ4v) is 1.92. The zero-order valence-corrected chi connectivity index (χ0v) is 11.0. The van der Waals surface area contributed by atoms with Gasteiger partial charge in [-0.25, -0.2) is 4.98 Å². The summed E-state index contributed by atoms with van der Waals surface area (Å²) in [5, 5.41) is 4.92.